The van der Waals surface area contributed by atoms with Gasteiger partial charge in [0.1, 0.15) is 5.41 Å². The summed E-state index contributed by atoms with van der Waals surface area (Å²) in [6.07, 6.45) is 1.17. The highest BCUT2D eigenvalue weighted by molar-refractivity contribution is 7.16. The molecule has 1 aromatic heterocycles. The van der Waals surface area contributed by atoms with Gasteiger partial charge in [-0.15, -0.1) is 11.3 Å². The Morgan fingerprint density at radius 1 is 1.47 bits per heavy atom. The van der Waals surface area contributed by atoms with Gasteiger partial charge in [0.25, 0.3) is 0 Å². The van der Waals surface area contributed by atoms with Crippen LogP contribution in [-0.2, 0) is 20.9 Å². The molecule has 0 spiro atoms. The summed E-state index contributed by atoms with van der Waals surface area (Å²) in [4.78, 5) is 26.8. The third-order valence-electron chi connectivity index (χ3n) is 3.19. The first-order valence-electron chi connectivity index (χ1n) is 6.16. The minimum Gasteiger partial charge on any atom is -0.465 e. The quantitative estimate of drug-likeness (QED) is 0.620. The minimum absolute atomic E-state index is 0.157. The van der Waals surface area contributed by atoms with E-state index in [1.54, 1.807) is 24.9 Å². The van der Waals surface area contributed by atoms with Gasteiger partial charge in [0.05, 0.1) is 17.5 Å². The Hall–Kier alpha value is -1.07. The van der Waals surface area contributed by atoms with E-state index >= 15 is 0 Å². The second-order valence-electron chi connectivity index (χ2n) is 4.67. The van der Waals surface area contributed by atoms with Gasteiger partial charge in [-0.3, -0.25) is 9.59 Å². The molecule has 0 unspecified atom stereocenters. The summed E-state index contributed by atoms with van der Waals surface area (Å²) in [5.74, 6) is -0.550. The smallest absolute Gasteiger partial charge is 0.321 e. The van der Waals surface area contributed by atoms with Gasteiger partial charge in [-0.2, -0.15) is 0 Å². The normalized spacial score (nSPS) is 15.9. The number of ether oxygens (including phenoxy) is 1. The Bertz CT molecular complexity index is 496. The fraction of sp³-hybridized carbons (Fsp3) is 0.538. The lowest BCUT2D eigenvalue weighted by atomic mass is 10.1. The fourth-order valence-corrected chi connectivity index (χ4v) is 3.15. The lowest BCUT2D eigenvalue weighted by Crippen LogP contribution is -2.38. The molecular weight excluding hydrogens is 286 g/mol. The third kappa shape index (κ3) is 2.92. The summed E-state index contributed by atoms with van der Waals surface area (Å²) < 4.78 is 5.69. The van der Waals surface area contributed by atoms with E-state index in [0.717, 1.165) is 4.88 Å². The molecule has 0 N–H and O–H groups in total. The highest BCUT2D eigenvalue weighted by atomic mass is 35.5. The van der Waals surface area contributed by atoms with Crippen molar-refractivity contribution in [1.82, 2.24) is 4.90 Å². The lowest BCUT2D eigenvalue weighted by molar-refractivity contribution is -0.157. The van der Waals surface area contributed by atoms with Gasteiger partial charge in [0.2, 0.25) is 5.91 Å². The first kappa shape index (κ1) is 14.3. The SMILES string of the molecule is CCOC(=O)C1(C(=O)N(C)Cc2ccc(Cl)s2)CC1. The zero-order chi connectivity index (χ0) is 14.0. The number of rotatable bonds is 5. The maximum Gasteiger partial charge on any atom is 0.321 e. The summed E-state index contributed by atoms with van der Waals surface area (Å²) in [6, 6.07) is 3.69. The molecule has 1 aliphatic carbocycles. The summed E-state index contributed by atoms with van der Waals surface area (Å²) in [7, 11) is 1.70. The Labute approximate surface area is 121 Å². The summed E-state index contributed by atoms with van der Waals surface area (Å²) in [5.41, 5.74) is -0.925. The molecule has 4 nitrogen and oxygen atoms in total. The summed E-state index contributed by atoms with van der Waals surface area (Å²) >= 11 is 7.30. The van der Waals surface area contributed by atoms with Crippen molar-refractivity contribution < 1.29 is 14.3 Å². The van der Waals surface area contributed by atoms with E-state index in [-0.39, 0.29) is 5.91 Å². The molecule has 1 heterocycles. The van der Waals surface area contributed by atoms with E-state index in [4.69, 9.17) is 16.3 Å². The van der Waals surface area contributed by atoms with Gasteiger partial charge in [-0.25, -0.2) is 0 Å². The second kappa shape index (κ2) is 5.51. The molecule has 2 rings (SSSR count). The Morgan fingerprint density at radius 3 is 2.63 bits per heavy atom. The van der Waals surface area contributed by atoms with Gasteiger partial charge < -0.3 is 9.64 Å². The molecule has 0 saturated heterocycles. The molecule has 0 aromatic carbocycles. The summed E-state index contributed by atoms with van der Waals surface area (Å²) in [6.45, 7) is 2.52. The molecule has 1 aromatic rings. The molecule has 1 saturated carbocycles. The molecule has 0 radical (unpaired) electrons. The van der Waals surface area contributed by atoms with Gasteiger partial charge >= 0.3 is 5.97 Å². The Balaban J connectivity index is 2.01. The van der Waals surface area contributed by atoms with Crippen LogP contribution in [0, 0.1) is 5.41 Å². The third-order valence-corrected chi connectivity index (χ3v) is 4.41. The first-order valence-corrected chi connectivity index (χ1v) is 7.36. The van der Waals surface area contributed by atoms with Gasteiger partial charge in [0, 0.05) is 11.9 Å². The monoisotopic (exact) mass is 301 g/mol. The van der Waals surface area contributed by atoms with E-state index in [1.807, 2.05) is 6.07 Å². The average molecular weight is 302 g/mol. The lowest BCUT2D eigenvalue weighted by Gasteiger charge is -2.21. The van der Waals surface area contributed by atoms with Crippen LogP contribution >= 0.6 is 22.9 Å². The van der Waals surface area contributed by atoms with Gasteiger partial charge in [-0.05, 0) is 31.9 Å². The Kier molecular flexibility index (Phi) is 4.16. The maximum atomic E-state index is 12.4. The molecular formula is C13H16ClNO3S. The summed E-state index contributed by atoms with van der Waals surface area (Å²) in [5, 5.41) is 0. The Morgan fingerprint density at radius 2 is 2.16 bits per heavy atom. The van der Waals surface area contributed by atoms with Crippen molar-refractivity contribution in [2.45, 2.75) is 26.3 Å². The largest absolute Gasteiger partial charge is 0.465 e. The number of amides is 1. The van der Waals surface area contributed by atoms with Crippen molar-refractivity contribution in [2.75, 3.05) is 13.7 Å². The minimum atomic E-state index is -0.925. The van der Waals surface area contributed by atoms with E-state index in [9.17, 15) is 9.59 Å². The number of carbonyl (C=O) groups excluding carboxylic acids is 2. The molecule has 0 atom stereocenters. The maximum absolute atomic E-state index is 12.4. The number of carbonyl (C=O) groups is 2. The number of hydrogen-bond acceptors (Lipinski definition) is 4. The van der Waals surface area contributed by atoms with Gasteiger partial charge in [0.15, 0.2) is 0 Å². The van der Waals surface area contributed by atoms with Gasteiger partial charge in [-0.1, -0.05) is 11.6 Å². The van der Waals surface area contributed by atoms with Crippen molar-refractivity contribution in [3.63, 3.8) is 0 Å². The van der Waals surface area contributed by atoms with Crippen LogP contribution in [0.4, 0.5) is 0 Å². The van der Waals surface area contributed by atoms with E-state index in [0.29, 0.717) is 30.3 Å². The van der Waals surface area contributed by atoms with E-state index in [2.05, 4.69) is 0 Å². The number of nitrogens with zero attached hydrogens (tertiary/aromatic N) is 1. The van der Waals surface area contributed by atoms with Crippen molar-refractivity contribution in [3.05, 3.63) is 21.3 Å². The second-order valence-corrected chi connectivity index (χ2v) is 6.47. The number of esters is 1. The van der Waals surface area contributed by atoms with Crippen LogP contribution < -0.4 is 0 Å². The highest BCUT2D eigenvalue weighted by Crippen LogP contribution is 2.48. The first-order chi connectivity index (χ1) is 8.99. The highest BCUT2D eigenvalue weighted by Gasteiger charge is 2.59. The van der Waals surface area contributed by atoms with Crippen LogP contribution in [-0.4, -0.2) is 30.4 Å². The topological polar surface area (TPSA) is 46.6 Å². The predicted octanol–water partition coefficient (Wildman–Crippen LogP) is 2.70. The number of thiophene rings is 1. The molecule has 6 heteroatoms. The molecule has 104 valence electrons. The average Bonchev–Trinajstić information content (AvgIpc) is 3.08. The fourth-order valence-electron chi connectivity index (χ4n) is 2.01. The van der Waals surface area contributed by atoms with E-state index < -0.39 is 11.4 Å². The molecule has 1 fully saturated rings. The standard InChI is InChI=1S/C13H16ClNO3S/c1-3-18-12(17)13(6-7-13)11(16)15(2)8-9-4-5-10(14)19-9/h4-5H,3,6-8H2,1-2H3. The zero-order valence-electron chi connectivity index (χ0n) is 10.9. The van der Waals surface area contributed by atoms with Crippen molar-refractivity contribution in [3.8, 4) is 0 Å². The molecule has 1 aliphatic rings. The zero-order valence-corrected chi connectivity index (χ0v) is 12.5. The van der Waals surface area contributed by atoms with Crippen LogP contribution in [0.3, 0.4) is 0 Å². The molecule has 0 bridgehead atoms. The van der Waals surface area contributed by atoms with Crippen molar-refractivity contribution in [2.24, 2.45) is 5.41 Å². The van der Waals surface area contributed by atoms with Crippen molar-refractivity contribution in [1.29, 1.82) is 0 Å². The molecule has 19 heavy (non-hydrogen) atoms. The molecule has 1 amide bonds. The van der Waals surface area contributed by atoms with E-state index in [1.165, 1.54) is 11.3 Å². The van der Waals surface area contributed by atoms with Crippen LogP contribution in [0.25, 0.3) is 0 Å². The van der Waals surface area contributed by atoms with Crippen LogP contribution in [0.2, 0.25) is 4.34 Å². The molecule has 0 aliphatic heterocycles. The number of halogens is 1. The van der Waals surface area contributed by atoms with Crippen LogP contribution in [0.1, 0.15) is 24.6 Å². The van der Waals surface area contributed by atoms with Crippen LogP contribution in [0.15, 0.2) is 12.1 Å². The van der Waals surface area contributed by atoms with Crippen LogP contribution in [0.5, 0.6) is 0 Å². The predicted molar refractivity (Wildman–Crippen MR) is 74.1 cm³/mol. The van der Waals surface area contributed by atoms with Crippen molar-refractivity contribution >= 4 is 34.8 Å². The number of hydrogen-bond donors (Lipinski definition) is 0.